The number of benzene rings is 1. The molecule has 120 valence electrons. The summed E-state index contributed by atoms with van der Waals surface area (Å²) in [4.78, 5) is 25.8. The Balaban J connectivity index is 2.80. The summed E-state index contributed by atoms with van der Waals surface area (Å²) in [7, 11) is 1.36. The van der Waals surface area contributed by atoms with Crippen LogP contribution in [0.1, 0.15) is 32.8 Å². The van der Waals surface area contributed by atoms with Crippen molar-refractivity contribution >= 4 is 18.0 Å². The minimum atomic E-state index is -0.340. The van der Waals surface area contributed by atoms with Crippen LogP contribution in [0.3, 0.4) is 0 Å². The van der Waals surface area contributed by atoms with Crippen LogP contribution in [0.4, 0.5) is 0 Å². The molecule has 0 radical (unpaired) electrons. The lowest BCUT2D eigenvalue weighted by molar-refractivity contribution is -0.146. The number of methoxy groups -OCH3 is 1. The Morgan fingerprint density at radius 3 is 2.41 bits per heavy atom. The van der Waals surface area contributed by atoms with Gasteiger partial charge in [-0.1, -0.05) is 44.2 Å². The van der Waals surface area contributed by atoms with Gasteiger partial charge >= 0.3 is 5.97 Å². The highest BCUT2D eigenvalue weighted by Gasteiger charge is 2.23. The van der Waals surface area contributed by atoms with Crippen LogP contribution in [-0.4, -0.2) is 36.5 Å². The minimum absolute atomic E-state index is 0.0695. The first-order valence-corrected chi connectivity index (χ1v) is 7.61. The average Bonchev–Trinajstić information content (AvgIpc) is 2.56. The first kappa shape index (κ1) is 18.0. The summed E-state index contributed by atoms with van der Waals surface area (Å²) in [6.45, 7) is 6.14. The van der Waals surface area contributed by atoms with Crippen molar-refractivity contribution < 1.29 is 14.3 Å². The number of ether oxygens (including phenoxy) is 1. The van der Waals surface area contributed by atoms with Crippen molar-refractivity contribution in [2.45, 2.75) is 33.2 Å². The molecular formula is C18H25NO3. The van der Waals surface area contributed by atoms with Crippen LogP contribution >= 0.6 is 0 Å². The van der Waals surface area contributed by atoms with Crippen LogP contribution in [0.5, 0.6) is 0 Å². The number of rotatable bonds is 7. The molecule has 1 aromatic carbocycles. The van der Waals surface area contributed by atoms with Crippen LogP contribution in [0.25, 0.3) is 6.08 Å². The normalized spacial score (nSPS) is 13.6. The summed E-state index contributed by atoms with van der Waals surface area (Å²) < 4.78 is 4.74. The van der Waals surface area contributed by atoms with E-state index in [1.807, 2.05) is 44.2 Å². The summed E-state index contributed by atoms with van der Waals surface area (Å²) in [5, 5.41) is 0. The standard InChI is InChI=1S/C18H25NO3/c1-5-15(3)19(13-14(2)18(21)22-4)17(20)12-11-16-9-7-6-8-10-16/h6-12,14-15H,5,13H2,1-4H3/b12-11+. The zero-order chi connectivity index (χ0) is 16.5. The van der Waals surface area contributed by atoms with Crippen molar-refractivity contribution in [3.05, 3.63) is 42.0 Å². The highest BCUT2D eigenvalue weighted by atomic mass is 16.5. The van der Waals surface area contributed by atoms with E-state index in [1.54, 1.807) is 24.0 Å². The molecule has 0 N–H and O–H groups in total. The third-order valence-electron chi connectivity index (χ3n) is 3.70. The van der Waals surface area contributed by atoms with E-state index in [0.717, 1.165) is 12.0 Å². The van der Waals surface area contributed by atoms with E-state index in [2.05, 4.69) is 0 Å². The van der Waals surface area contributed by atoms with Crippen LogP contribution in [0.2, 0.25) is 0 Å². The minimum Gasteiger partial charge on any atom is -0.469 e. The predicted octanol–water partition coefficient (Wildman–Crippen LogP) is 3.14. The smallest absolute Gasteiger partial charge is 0.310 e. The largest absolute Gasteiger partial charge is 0.469 e. The van der Waals surface area contributed by atoms with Crippen molar-refractivity contribution in [2.75, 3.05) is 13.7 Å². The van der Waals surface area contributed by atoms with Gasteiger partial charge in [0.05, 0.1) is 13.0 Å². The Hall–Kier alpha value is -2.10. The molecule has 2 atom stereocenters. The monoisotopic (exact) mass is 303 g/mol. The van der Waals surface area contributed by atoms with Crippen LogP contribution in [0, 0.1) is 5.92 Å². The topological polar surface area (TPSA) is 46.6 Å². The molecule has 0 saturated heterocycles. The molecule has 0 aromatic heterocycles. The molecule has 22 heavy (non-hydrogen) atoms. The van der Waals surface area contributed by atoms with Crippen molar-refractivity contribution in [2.24, 2.45) is 5.92 Å². The summed E-state index contributed by atoms with van der Waals surface area (Å²) in [6, 6.07) is 9.73. The Morgan fingerprint density at radius 1 is 1.23 bits per heavy atom. The lowest BCUT2D eigenvalue weighted by Crippen LogP contribution is -2.42. The Morgan fingerprint density at radius 2 is 1.86 bits per heavy atom. The van der Waals surface area contributed by atoms with Gasteiger partial charge in [-0.05, 0) is 25.0 Å². The van der Waals surface area contributed by atoms with Gasteiger partial charge in [-0.2, -0.15) is 0 Å². The lowest BCUT2D eigenvalue weighted by atomic mass is 10.1. The maximum Gasteiger partial charge on any atom is 0.310 e. The van der Waals surface area contributed by atoms with Gasteiger partial charge in [0.1, 0.15) is 0 Å². The molecule has 4 heteroatoms. The number of carbonyl (C=O) groups is 2. The third-order valence-corrected chi connectivity index (χ3v) is 3.70. The molecular weight excluding hydrogens is 278 g/mol. The number of hydrogen-bond donors (Lipinski definition) is 0. The Labute approximate surface area is 132 Å². The van der Waals surface area contributed by atoms with Gasteiger partial charge in [-0.25, -0.2) is 0 Å². The van der Waals surface area contributed by atoms with Gasteiger partial charge in [-0.3, -0.25) is 9.59 Å². The number of carbonyl (C=O) groups excluding carboxylic acids is 2. The third kappa shape index (κ3) is 5.35. The van der Waals surface area contributed by atoms with Gasteiger partial charge in [0.2, 0.25) is 5.91 Å². The summed E-state index contributed by atoms with van der Waals surface area (Å²) in [6.07, 6.45) is 4.19. The maximum atomic E-state index is 12.5. The van der Waals surface area contributed by atoms with E-state index >= 15 is 0 Å². The van der Waals surface area contributed by atoms with E-state index in [0.29, 0.717) is 6.54 Å². The second-order valence-electron chi connectivity index (χ2n) is 5.42. The van der Waals surface area contributed by atoms with Crippen molar-refractivity contribution in [1.29, 1.82) is 0 Å². The van der Waals surface area contributed by atoms with Crippen molar-refractivity contribution in [3.63, 3.8) is 0 Å². The first-order valence-electron chi connectivity index (χ1n) is 7.61. The summed E-state index contributed by atoms with van der Waals surface area (Å²) >= 11 is 0. The van der Waals surface area contributed by atoms with Gasteiger partial charge in [0.25, 0.3) is 0 Å². The highest BCUT2D eigenvalue weighted by molar-refractivity contribution is 5.92. The molecule has 0 saturated carbocycles. The fourth-order valence-electron chi connectivity index (χ4n) is 2.11. The van der Waals surface area contributed by atoms with E-state index in [-0.39, 0.29) is 23.8 Å². The number of nitrogens with zero attached hydrogens (tertiary/aromatic N) is 1. The lowest BCUT2D eigenvalue weighted by Gasteiger charge is -2.29. The first-order chi connectivity index (χ1) is 10.5. The molecule has 0 spiro atoms. The molecule has 2 unspecified atom stereocenters. The number of hydrogen-bond acceptors (Lipinski definition) is 3. The number of amides is 1. The Bertz CT molecular complexity index is 510. The predicted molar refractivity (Wildman–Crippen MR) is 88.1 cm³/mol. The molecule has 0 heterocycles. The molecule has 1 aromatic rings. The van der Waals surface area contributed by atoms with Crippen LogP contribution in [-0.2, 0) is 14.3 Å². The van der Waals surface area contributed by atoms with Crippen molar-refractivity contribution in [3.8, 4) is 0 Å². The average molecular weight is 303 g/mol. The number of esters is 1. The molecule has 0 aliphatic heterocycles. The zero-order valence-corrected chi connectivity index (χ0v) is 13.8. The molecule has 0 fully saturated rings. The second-order valence-corrected chi connectivity index (χ2v) is 5.42. The Kier molecular flexibility index (Phi) is 7.37. The quantitative estimate of drug-likeness (QED) is 0.574. The van der Waals surface area contributed by atoms with Gasteiger partial charge in [-0.15, -0.1) is 0 Å². The van der Waals surface area contributed by atoms with Gasteiger partial charge in [0.15, 0.2) is 0 Å². The summed E-state index contributed by atoms with van der Waals surface area (Å²) in [5.41, 5.74) is 0.973. The van der Waals surface area contributed by atoms with E-state index < -0.39 is 0 Å². The van der Waals surface area contributed by atoms with Gasteiger partial charge in [0, 0.05) is 18.7 Å². The molecule has 0 aliphatic carbocycles. The molecule has 4 nitrogen and oxygen atoms in total. The van der Waals surface area contributed by atoms with Crippen LogP contribution < -0.4 is 0 Å². The SMILES string of the molecule is CCC(C)N(CC(C)C(=O)OC)C(=O)/C=C/c1ccccc1. The van der Waals surface area contributed by atoms with E-state index in [9.17, 15) is 9.59 Å². The fraction of sp³-hybridized carbons (Fsp3) is 0.444. The molecule has 0 bridgehead atoms. The molecule has 1 amide bonds. The maximum absolute atomic E-state index is 12.5. The highest BCUT2D eigenvalue weighted by Crippen LogP contribution is 2.11. The molecule has 1 rings (SSSR count). The molecule has 0 aliphatic rings. The summed E-state index contributed by atoms with van der Waals surface area (Å²) in [5.74, 6) is -0.727. The van der Waals surface area contributed by atoms with E-state index in [1.165, 1.54) is 7.11 Å². The zero-order valence-electron chi connectivity index (χ0n) is 13.8. The van der Waals surface area contributed by atoms with Crippen LogP contribution in [0.15, 0.2) is 36.4 Å². The van der Waals surface area contributed by atoms with Gasteiger partial charge < -0.3 is 9.64 Å². The van der Waals surface area contributed by atoms with E-state index in [4.69, 9.17) is 4.74 Å². The van der Waals surface area contributed by atoms with Crippen molar-refractivity contribution in [1.82, 2.24) is 4.90 Å². The fourth-order valence-corrected chi connectivity index (χ4v) is 2.11. The second kappa shape index (κ2) is 9.03.